The van der Waals surface area contributed by atoms with E-state index in [1.165, 1.54) is 19.4 Å². The first kappa shape index (κ1) is 20.8. The SMILES string of the molecule is CCOc1cc(/C=N/Nc2nnc(C(C)(C)C)c(=O)[nH]2)cc([N+](=O)[O-])c1OC. The number of rotatable bonds is 7. The molecule has 0 saturated carbocycles. The monoisotopic (exact) mass is 390 g/mol. The zero-order chi connectivity index (χ0) is 20.9. The number of aromatic nitrogens is 3. The van der Waals surface area contributed by atoms with Crippen molar-refractivity contribution in [2.45, 2.75) is 33.1 Å². The highest BCUT2D eigenvalue weighted by Gasteiger charge is 2.22. The summed E-state index contributed by atoms with van der Waals surface area (Å²) in [6, 6.07) is 2.85. The molecule has 150 valence electrons. The zero-order valence-electron chi connectivity index (χ0n) is 16.3. The van der Waals surface area contributed by atoms with Gasteiger partial charge in [0.2, 0.25) is 11.7 Å². The van der Waals surface area contributed by atoms with E-state index in [1.54, 1.807) is 13.0 Å². The van der Waals surface area contributed by atoms with E-state index in [9.17, 15) is 14.9 Å². The van der Waals surface area contributed by atoms with Crippen LogP contribution in [0.4, 0.5) is 11.6 Å². The third-order valence-electron chi connectivity index (χ3n) is 3.55. The van der Waals surface area contributed by atoms with Crippen molar-refractivity contribution in [3.63, 3.8) is 0 Å². The molecule has 1 aromatic heterocycles. The Labute approximate surface area is 160 Å². The summed E-state index contributed by atoms with van der Waals surface area (Å²) in [6.07, 6.45) is 1.33. The van der Waals surface area contributed by atoms with Gasteiger partial charge in [-0.3, -0.25) is 19.9 Å². The number of anilines is 1. The second-order valence-corrected chi connectivity index (χ2v) is 6.73. The molecule has 0 saturated heterocycles. The Morgan fingerprint density at radius 3 is 2.61 bits per heavy atom. The zero-order valence-corrected chi connectivity index (χ0v) is 16.3. The van der Waals surface area contributed by atoms with Gasteiger partial charge in [0.1, 0.15) is 5.69 Å². The molecule has 11 nitrogen and oxygen atoms in total. The number of nitro groups is 1. The highest BCUT2D eigenvalue weighted by Crippen LogP contribution is 2.37. The maximum atomic E-state index is 12.1. The minimum atomic E-state index is -0.569. The molecule has 2 N–H and O–H groups in total. The molecular weight excluding hydrogens is 368 g/mol. The average molecular weight is 390 g/mol. The van der Waals surface area contributed by atoms with Crippen molar-refractivity contribution in [3.8, 4) is 11.5 Å². The molecule has 0 fully saturated rings. The molecule has 0 bridgehead atoms. The standard InChI is InChI=1S/C17H22N6O5/c1-6-28-12-8-10(7-11(23(25)26)13(12)27-5)9-18-21-16-19-15(24)14(20-22-16)17(2,3)4/h7-9H,6H2,1-5H3,(H2,19,21,22,24)/b18-9+. The highest BCUT2D eigenvalue weighted by molar-refractivity contribution is 5.83. The molecule has 0 aliphatic rings. The van der Waals surface area contributed by atoms with E-state index in [-0.39, 0.29) is 28.7 Å². The number of hydrazone groups is 1. The molecule has 0 unspecified atom stereocenters. The van der Waals surface area contributed by atoms with E-state index in [0.29, 0.717) is 17.9 Å². The summed E-state index contributed by atoms with van der Waals surface area (Å²) in [4.78, 5) is 25.3. The number of benzene rings is 1. The Morgan fingerprint density at radius 1 is 1.36 bits per heavy atom. The Balaban J connectivity index is 2.28. The maximum absolute atomic E-state index is 12.1. The fourth-order valence-corrected chi connectivity index (χ4v) is 2.33. The van der Waals surface area contributed by atoms with Gasteiger partial charge < -0.3 is 9.47 Å². The molecule has 0 radical (unpaired) electrons. The predicted molar refractivity (Wildman–Crippen MR) is 103 cm³/mol. The Morgan fingerprint density at radius 2 is 2.07 bits per heavy atom. The maximum Gasteiger partial charge on any atom is 0.315 e. The van der Waals surface area contributed by atoms with E-state index >= 15 is 0 Å². The lowest BCUT2D eigenvalue weighted by molar-refractivity contribution is -0.385. The van der Waals surface area contributed by atoms with E-state index in [4.69, 9.17) is 9.47 Å². The van der Waals surface area contributed by atoms with Gasteiger partial charge in [0.15, 0.2) is 5.75 Å². The summed E-state index contributed by atoms with van der Waals surface area (Å²) in [7, 11) is 1.33. The van der Waals surface area contributed by atoms with Crippen molar-refractivity contribution in [2.75, 3.05) is 19.1 Å². The van der Waals surface area contributed by atoms with Crippen LogP contribution in [0.3, 0.4) is 0 Å². The van der Waals surface area contributed by atoms with Crippen molar-refractivity contribution in [3.05, 3.63) is 43.9 Å². The van der Waals surface area contributed by atoms with Gasteiger partial charge in [-0.1, -0.05) is 20.8 Å². The molecule has 1 heterocycles. The van der Waals surface area contributed by atoms with Gasteiger partial charge in [0.25, 0.3) is 5.56 Å². The lowest BCUT2D eigenvalue weighted by Crippen LogP contribution is -2.28. The molecule has 0 amide bonds. The number of hydrogen-bond acceptors (Lipinski definition) is 9. The molecule has 0 aliphatic carbocycles. The minimum absolute atomic E-state index is 0.0323. The van der Waals surface area contributed by atoms with E-state index in [2.05, 4.69) is 25.7 Å². The normalized spacial score (nSPS) is 11.5. The summed E-state index contributed by atoms with van der Waals surface area (Å²) in [5, 5.41) is 23.0. The number of ether oxygens (including phenoxy) is 2. The number of aromatic amines is 1. The molecular formula is C17H22N6O5. The van der Waals surface area contributed by atoms with Crippen LogP contribution in [0.2, 0.25) is 0 Å². The van der Waals surface area contributed by atoms with E-state index < -0.39 is 10.3 Å². The second kappa shape index (κ2) is 8.46. The van der Waals surface area contributed by atoms with Crippen LogP contribution in [0.15, 0.2) is 22.0 Å². The Kier molecular flexibility index (Phi) is 6.29. The van der Waals surface area contributed by atoms with Crippen LogP contribution < -0.4 is 20.5 Å². The van der Waals surface area contributed by atoms with Gasteiger partial charge in [-0.2, -0.15) is 5.10 Å². The van der Waals surface area contributed by atoms with Gasteiger partial charge in [0, 0.05) is 17.0 Å². The summed E-state index contributed by atoms with van der Waals surface area (Å²) in [5.41, 5.74) is 2.16. The van der Waals surface area contributed by atoms with E-state index in [1.807, 2.05) is 20.8 Å². The lowest BCUT2D eigenvalue weighted by atomic mass is 9.93. The number of methoxy groups -OCH3 is 1. The fraction of sp³-hybridized carbons (Fsp3) is 0.412. The smallest absolute Gasteiger partial charge is 0.315 e. The Bertz CT molecular complexity index is 948. The third-order valence-corrected chi connectivity index (χ3v) is 3.55. The van der Waals surface area contributed by atoms with Crippen molar-refractivity contribution in [1.82, 2.24) is 15.2 Å². The predicted octanol–water partition coefficient (Wildman–Crippen LogP) is 2.22. The van der Waals surface area contributed by atoms with Crippen LogP contribution in [0.5, 0.6) is 11.5 Å². The van der Waals surface area contributed by atoms with Crippen LogP contribution in [0, 0.1) is 10.1 Å². The number of nitrogens with one attached hydrogen (secondary N) is 2. The van der Waals surface area contributed by atoms with Gasteiger partial charge in [-0.25, -0.2) is 5.43 Å². The summed E-state index contributed by atoms with van der Waals surface area (Å²) >= 11 is 0. The average Bonchev–Trinajstić information content (AvgIpc) is 2.60. The number of nitrogens with zero attached hydrogens (tertiary/aromatic N) is 4. The van der Waals surface area contributed by atoms with Crippen molar-refractivity contribution in [1.29, 1.82) is 0 Å². The Hall–Kier alpha value is -3.50. The molecule has 2 rings (SSSR count). The van der Waals surface area contributed by atoms with Crippen LogP contribution in [0.1, 0.15) is 39.0 Å². The van der Waals surface area contributed by atoms with Crippen LogP contribution >= 0.6 is 0 Å². The highest BCUT2D eigenvalue weighted by atomic mass is 16.6. The van der Waals surface area contributed by atoms with Crippen molar-refractivity contribution >= 4 is 17.9 Å². The topological polar surface area (TPSA) is 145 Å². The summed E-state index contributed by atoms with van der Waals surface area (Å²) in [5.74, 6) is 0.301. The number of hydrogen-bond donors (Lipinski definition) is 2. The third kappa shape index (κ3) is 4.81. The van der Waals surface area contributed by atoms with Crippen LogP contribution in [-0.2, 0) is 5.41 Å². The minimum Gasteiger partial charge on any atom is -0.490 e. The first-order chi connectivity index (χ1) is 13.2. The molecule has 0 atom stereocenters. The molecule has 28 heavy (non-hydrogen) atoms. The summed E-state index contributed by atoms with van der Waals surface area (Å²) < 4.78 is 10.5. The fourth-order valence-electron chi connectivity index (χ4n) is 2.33. The molecule has 1 aromatic carbocycles. The lowest BCUT2D eigenvalue weighted by Gasteiger charge is -2.15. The van der Waals surface area contributed by atoms with Gasteiger partial charge >= 0.3 is 5.69 Å². The second-order valence-electron chi connectivity index (χ2n) is 6.73. The van der Waals surface area contributed by atoms with E-state index in [0.717, 1.165) is 0 Å². The van der Waals surface area contributed by atoms with Gasteiger partial charge in [-0.15, -0.1) is 10.2 Å². The molecule has 2 aromatic rings. The first-order valence-electron chi connectivity index (χ1n) is 8.43. The number of nitro benzene ring substituents is 1. The molecule has 0 spiro atoms. The summed E-state index contributed by atoms with van der Waals surface area (Å²) in [6.45, 7) is 7.62. The van der Waals surface area contributed by atoms with Gasteiger partial charge in [0.05, 0.1) is 24.9 Å². The quantitative estimate of drug-likeness (QED) is 0.416. The molecule has 11 heteroatoms. The first-order valence-corrected chi connectivity index (χ1v) is 8.43. The molecule has 0 aliphatic heterocycles. The van der Waals surface area contributed by atoms with Crippen LogP contribution in [-0.4, -0.2) is 40.0 Å². The largest absolute Gasteiger partial charge is 0.490 e. The van der Waals surface area contributed by atoms with Crippen molar-refractivity contribution < 1.29 is 14.4 Å². The number of H-pyrrole nitrogens is 1. The van der Waals surface area contributed by atoms with Crippen molar-refractivity contribution in [2.24, 2.45) is 5.10 Å². The van der Waals surface area contributed by atoms with Gasteiger partial charge in [-0.05, 0) is 13.0 Å². The van der Waals surface area contributed by atoms with Crippen LogP contribution in [0.25, 0.3) is 0 Å².